The highest BCUT2D eigenvalue weighted by molar-refractivity contribution is 5.79. The first kappa shape index (κ1) is 19.8. The summed E-state index contributed by atoms with van der Waals surface area (Å²) in [6.07, 6.45) is -3.12. The predicted octanol–water partition coefficient (Wildman–Crippen LogP) is 3.22. The molecule has 142 valence electrons. The van der Waals surface area contributed by atoms with Crippen LogP contribution in [0.3, 0.4) is 0 Å². The third-order valence-electron chi connectivity index (χ3n) is 4.03. The van der Waals surface area contributed by atoms with Crippen molar-refractivity contribution in [3.05, 3.63) is 52.8 Å². The van der Waals surface area contributed by atoms with Crippen molar-refractivity contribution in [1.29, 1.82) is 0 Å². The van der Waals surface area contributed by atoms with Crippen LogP contribution in [0.4, 0.5) is 13.2 Å². The molecule has 1 unspecified atom stereocenters. The van der Waals surface area contributed by atoms with Gasteiger partial charge in [0.15, 0.2) is 11.7 Å². The van der Waals surface area contributed by atoms with Crippen LogP contribution in [-0.2, 0) is 19.8 Å². The van der Waals surface area contributed by atoms with Gasteiger partial charge in [0, 0.05) is 38.9 Å². The van der Waals surface area contributed by atoms with Crippen molar-refractivity contribution in [3.63, 3.8) is 0 Å². The van der Waals surface area contributed by atoms with Gasteiger partial charge in [0.1, 0.15) is 0 Å². The molecule has 0 amide bonds. The summed E-state index contributed by atoms with van der Waals surface area (Å²) in [6, 6.07) is 8.22. The Bertz CT molecular complexity index is 764. The number of hydrogen-bond donors (Lipinski definition) is 2. The number of nitrogens with one attached hydrogen (secondary N) is 2. The molecule has 5 nitrogen and oxygen atoms in total. The van der Waals surface area contributed by atoms with Crippen LogP contribution < -0.4 is 10.6 Å². The van der Waals surface area contributed by atoms with Crippen LogP contribution in [0.15, 0.2) is 35.5 Å². The van der Waals surface area contributed by atoms with E-state index in [2.05, 4.69) is 39.8 Å². The van der Waals surface area contributed by atoms with Crippen LogP contribution in [0.2, 0.25) is 0 Å². The number of aryl methyl sites for hydroxylation is 2. The van der Waals surface area contributed by atoms with Crippen LogP contribution in [0.1, 0.15) is 35.2 Å². The zero-order valence-electron chi connectivity index (χ0n) is 15.4. The van der Waals surface area contributed by atoms with E-state index in [-0.39, 0.29) is 18.0 Å². The molecule has 2 N–H and O–H groups in total. The zero-order chi connectivity index (χ0) is 19.3. The first-order chi connectivity index (χ1) is 12.2. The normalized spacial score (nSPS) is 13.6. The van der Waals surface area contributed by atoms with Crippen LogP contribution >= 0.6 is 0 Å². The minimum atomic E-state index is -4.48. The molecule has 0 aliphatic carbocycles. The summed E-state index contributed by atoms with van der Waals surface area (Å²) in [7, 11) is 3.05. The van der Waals surface area contributed by atoms with Crippen LogP contribution in [-0.4, -0.2) is 29.3 Å². The maximum atomic E-state index is 13.0. The van der Waals surface area contributed by atoms with Gasteiger partial charge < -0.3 is 10.6 Å². The Morgan fingerprint density at radius 2 is 2.04 bits per heavy atom. The van der Waals surface area contributed by atoms with Crippen molar-refractivity contribution in [2.24, 2.45) is 12.0 Å². The fraction of sp³-hybridized carbons (Fsp3) is 0.444. The van der Waals surface area contributed by atoms with Gasteiger partial charge in [0.05, 0.1) is 0 Å². The summed E-state index contributed by atoms with van der Waals surface area (Å²) >= 11 is 0. The van der Waals surface area contributed by atoms with Crippen molar-refractivity contribution < 1.29 is 13.2 Å². The van der Waals surface area contributed by atoms with E-state index in [1.807, 2.05) is 19.1 Å². The average molecular weight is 367 g/mol. The molecule has 0 radical (unpaired) electrons. The van der Waals surface area contributed by atoms with Gasteiger partial charge in [-0.15, -0.1) is 0 Å². The van der Waals surface area contributed by atoms with E-state index in [0.29, 0.717) is 12.5 Å². The lowest BCUT2D eigenvalue weighted by atomic mass is 9.99. The molecule has 0 bridgehead atoms. The summed E-state index contributed by atoms with van der Waals surface area (Å²) in [6.45, 7) is 4.72. The summed E-state index contributed by atoms with van der Waals surface area (Å²) in [4.78, 5) is 4.07. The molecule has 1 aromatic heterocycles. The van der Waals surface area contributed by atoms with E-state index >= 15 is 0 Å². The first-order valence-electron chi connectivity index (χ1n) is 8.31. The van der Waals surface area contributed by atoms with E-state index in [4.69, 9.17) is 0 Å². The lowest BCUT2D eigenvalue weighted by Crippen LogP contribution is -2.38. The molecule has 0 aliphatic rings. The highest BCUT2D eigenvalue weighted by Gasteiger charge is 2.36. The Balaban J connectivity index is 1.95. The Kier molecular flexibility index (Phi) is 6.28. The Morgan fingerprint density at radius 1 is 1.31 bits per heavy atom. The minimum Gasteiger partial charge on any atom is -0.356 e. The van der Waals surface area contributed by atoms with Gasteiger partial charge in [0.2, 0.25) is 0 Å². The van der Waals surface area contributed by atoms with E-state index < -0.39 is 11.9 Å². The van der Waals surface area contributed by atoms with Crippen molar-refractivity contribution >= 4 is 5.96 Å². The lowest BCUT2D eigenvalue weighted by molar-refractivity contribution is -0.142. The van der Waals surface area contributed by atoms with Crippen molar-refractivity contribution in [2.45, 2.75) is 32.5 Å². The summed E-state index contributed by atoms with van der Waals surface area (Å²) < 4.78 is 40.1. The fourth-order valence-electron chi connectivity index (χ4n) is 2.65. The Labute approximate surface area is 151 Å². The van der Waals surface area contributed by atoms with Crippen LogP contribution in [0, 0.1) is 6.92 Å². The molecule has 0 saturated carbocycles. The Hall–Kier alpha value is -2.51. The molecule has 0 aliphatic heterocycles. The average Bonchev–Trinajstić information content (AvgIpc) is 2.96. The van der Waals surface area contributed by atoms with Crippen molar-refractivity contribution in [3.8, 4) is 0 Å². The monoisotopic (exact) mass is 367 g/mol. The molecule has 0 saturated heterocycles. The SMILES string of the molecule is CN=C(NCc1cn(C)nc1C(F)(F)F)NCC(C)c1cccc(C)c1. The van der Waals surface area contributed by atoms with Gasteiger partial charge >= 0.3 is 6.18 Å². The quantitative estimate of drug-likeness (QED) is 0.630. The lowest BCUT2D eigenvalue weighted by Gasteiger charge is -2.17. The van der Waals surface area contributed by atoms with E-state index in [0.717, 1.165) is 4.68 Å². The van der Waals surface area contributed by atoms with Gasteiger partial charge in [-0.3, -0.25) is 9.67 Å². The van der Waals surface area contributed by atoms with E-state index in [1.54, 1.807) is 7.05 Å². The van der Waals surface area contributed by atoms with Gasteiger partial charge in [-0.05, 0) is 18.4 Å². The molecule has 1 heterocycles. The maximum Gasteiger partial charge on any atom is 0.435 e. The molecule has 26 heavy (non-hydrogen) atoms. The Morgan fingerprint density at radius 3 is 2.65 bits per heavy atom. The number of guanidine groups is 1. The second-order valence-corrected chi connectivity index (χ2v) is 6.30. The molecule has 8 heteroatoms. The van der Waals surface area contributed by atoms with Crippen molar-refractivity contribution in [2.75, 3.05) is 13.6 Å². The fourth-order valence-corrected chi connectivity index (χ4v) is 2.65. The molecule has 0 fully saturated rings. The van der Waals surface area contributed by atoms with Gasteiger partial charge in [-0.25, -0.2) is 0 Å². The number of benzene rings is 1. The zero-order valence-corrected chi connectivity index (χ0v) is 15.4. The third kappa shape index (κ3) is 5.24. The van der Waals surface area contributed by atoms with E-state index in [1.165, 1.54) is 24.4 Å². The van der Waals surface area contributed by atoms with E-state index in [9.17, 15) is 13.2 Å². The number of halogens is 3. The highest BCUT2D eigenvalue weighted by Crippen LogP contribution is 2.30. The molecule has 0 spiro atoms. The maximum absolute atomic E-state index is 13.0. The van der Waals surface area contributed by atoms with Crippen LogP contribution in [0.5, 0.6) is 0 Å². The van der Waals surface area contributed by atoms with Gasteiger partial charge in [0.25, 0.3) is 0 Å². The van der Waals surface area contributed by atoms with Gasteiger partial charge in [-0.1, -0.05) is 36.8 Å². The molecule has 2 rings (SSSR count). The molecule has 1 atom stereocenters. The number of hydrogen-bond acceptors (Lipinski definition) is 2. The second-order valence-electron chi connectivity index (χ2n) is 6.30. The largest absolute Gasteiger partial charge is 0.435 e. The molecular formula is C18H24F3N5. The first-order valence-corrected chi connectivity index (χ1v) is 8.31. The summed E-state index contributed by atoms with van der Waals surface area (Å²) in [5.74, 6) is 0.680. The topological polar surface area (TPSA) is 54.2 Å². The molecule has 2 aromatic rings. The smallest absolute Gasteiger partial charge is 0.356 e. The number of aliphatic imine (C=N–C) groups is 1. The molecular weight excluding hydrogens is 343 g/mol. The minimum absolute atomic E-state index is 0.0127. The predicted molar refractivity (Wildman–Crippen MR) is 96.0 cm³/mol. The highest BCUT2D eigenvalue weighted by atomic mass is 19.4. The third-order valence-corrected chi connectivity index (χ3v) is 4.03. The second kappa shape index (κ2) is 8.25. The number of nitrogens with zero attached hydrogens (tertiary/aromatic N) is 3. The van der Waals surface area contributed by atoms with Gasteiger partial charge in [-0.2, -0.15) is 18.3 Å². The number of aromatic nitrogens is 2. The standard InChI is InChI=1S/C18H24F3N5/c1-12-6-5-7-14(8-12)13(2)9-23-17(22-3)24-10-15-11-26(4)25-16(15)18(19,20)21/h5-8,11,13H,9-10H2,1-4H3,(H2,22,23,24). The molecule has 1 aromatic carbocycles. The number of rotatable bonds is 5. The van der Waals surface area contributed by atoms with Crippen LogP contribution in [0.25, 0.3) is 0 Å². The van der Waals surface area contributed by atoms with Crippen molar-refractivity contribution in [1.82, 2.24) is 20.4 Å². The number of alkyl halides is 3. The summed E-state index contributed by atoms with van der Waals surface area (Å²) in [5, 5.41) is 9.57. The summed E-state index contributed by atoms with van der Waals surface area (Å²) in [5.41, 5.74) is 1.58.